The number of aryl methyl sites for hydroxylation is 2. The number of benzene rings is 1. The molecule has 0 radical (unpaired) electrons. The van der Waals surface area contributed by atoms with Gasteiger partial charge in [-0.05, 0) is 37.6 Å². The van der Waals surface area contributed by atoms with Crippen molar-refractivity contribution in [3.63, 3.8) is 0 Å². The molecule has 1 N–H and O–H groups in total. The Hall–Kier alpha value is -2.01. The van der Waals surface area contributed by atoms with Crippen LogP contribution in [0.15, 0.2) is 24.3 Å². The monoisotopic (exact) mass is 287 g/mol. The smallest absolute Gasteiger partial charge is 0.163 e. The number of thiophene rings is 1. The highest BCUT2D eigenvalue weighted by Gasteiger charge is 2.13. The lowest BCUT2D eigenvalue weighted by Gasteiger charge is -2.08. The molecule has 2 aromatic heterocycles. The maximum Gasteiger partial charge on any atom is 0.163 e. The Kier molecular flexibility index (Phi) is 3.14. The second-order valence-electron chi connectivity index (χ2n) is 4.68. The molecule has 0 saturated heterocycles. The first-order valence-electron chi connectivity index (χ1n) is 6.31. The summed E-state index contributed by atoms with van der Waals surface area (Å²) in [5.41, 5.74) is 1.69. The molecule has 5 heteroatoms. The molecule has 0 amide bonds. The normalized spacial score (nSPS) is 11.0. The summed E-state index contributed by atoms with van der Waals surface area (Å²) in [4.78, 5) is 11.2. The summed E-state index contributed by atoms with van der Waals surface area (Å²) in [6.45, 7) is 3.97. The lowest BCUT2D eigenvalue weighted by molar-refractivity contribution is 0.628. The van der Waals surface area contributed by atoms with E-state index in [0.29, 0.717) is 5.82 Å². The lowest BCUT2D eigenvalue weighted by atomic mass is 10.1. The van der Waals surface area contributed by atoms with Crippen molar-refractivity contribution < 1.29 is 4.39 Å². The number of hydrogen-bond acceptors (Lipinski definition) is 4. The average Bonchev–Trinajstić information content (AvgIpc) is 2.80. The van der Waals surface area contributed by atoms with Crippen LogP contribution in [0.3, 0.4) is 0 Å². The largest absolute Gasteiger partial charge is 0.372 e. The van der Waals surface area contributed by atoms with E-state index in [4.69, 9.17) is 0 Å². The van der Waals surface area contributed by atoms with Crippen molar-refractivity contribution in [1.29, 1.82) is 0 Å². The van der Waals surface area contributed by atoms with Gasteiger partial charge >= 0.3 is 0 Å². The molecule has 3 rings (SSSR count). The summed E-state index contributed by atoms with van der Waals surface area (Å²) in [5, 5.41) is 4.10. The molecular formula is C15H14FN3S. The SMILES string of the molecule is CNc1nc(-c2cc(F)ccc2C)nc2sc(C)cc12. The summed E-state index contributed by atoms with van der Waals surface area (Å²) >= 11 is 1.62. The molecule has 1 aromatic carbocycles. The zero-order valence-corrected chi connectivity index (χ0v) is 12.3. The van der Waals surface area contributed by atoms with E-state index in [1.54, 1.807) is 17.4 Å². The summed E-state index contributed by atoms with van der Waals surface area (Å²) in [7, 11) is 1.83. The average molecular weight is 287 g/mol. The fourth-order valence-electron chi connectivity index (χ4n) is 2.19. The first kappa shape index (κ1) is 13.0. The number of anilines is 1. The molecule has 102 valence electrons. The van der Waals surface area contributed by atoms with Gasteiger partial charge in [-0.15, -0.1) is 11.3 Å². The number of hydrogen-bond donors (Lipinski definition) is 1. The first-order chi connectivity index (χ1) is 9.58. The molecule has 0 aliphatic carbocycles. The molecule has 20 heavy (non-hydrogen) atoms. The second-order valence-corrected chi connectivity index (χ2v) is 5.92. The third-order valence-electron chi connectivity index (χ3n) is 3.19. The minimum absolute atomic E-state index is 0.275. The van der Waals surface area contributed by atoms with Gasteiger partial charge in [0.05, 0.1) is 5.39 Å². The van der Waals surface area contributed by atoms with Crippen LogP contribution in [0.4, 0.5) is 10.2 Å². The van der Waals surface area contributed by atoms with Gasteiger partial charge in [0.25, 0.3) is 0 Å². The van der Waals surface area contributed by atoms with Crippen molar-refractivity contribution in [2.24, 2.45) is 0 Å². The van der Waals surface area contributed by atoms with Crippen molar-refractivity contribution in [3.05, 3.63) is 40.5 Å². The minimum Gasteiger partial charge on any atom is -0.372 e. The predicted molar refractivity (Wildman–Crippen MR) is 81.8 cm³/mol. The van der Waals surface area contributed by atoms with Crippen molar-refractivity contribution in [2.75, 3.05) is 12.4 Å². The number of nitrogens with one attached hydrogen (secondary N) is 1. The van der Waals surface area contributed by atoms with Crippen LogP contribution in [0.2, 0.25) is 0 Å². The highest BCUT2D eigenvalue weighted by atomic mass is 32.1. The minimum atomic E-state index is -0.275. The van der Waals surface area contributed by atoms with Crippen molar-refractivity contribution in [1.82, 2.24) is 9.97 Å². The van der Waals surface area contributed by atoms with Gasteiger partial charge in [0.2, 0.25) is 0 Å². The third kappa shape index (κ3) is 2.14. The van der Waals surface area contributed by atoms with Crippen molar-refractivity contribution in [2.45, 2.75) is 13.8 Å². The quantitative estimate of drug-likeness (QED) is 0.769. The highest BCUT2D eigenvalue weighted by Crippen LogP contribution is 2.31. The number of halogens is 1. The molecule has 3 aromatic rings. The number of nitrogens with zero attached hydrogens (tertiary/aromatic N) is 2. The van der Waals surface area contributed by atoms with Gasteiger partial charge in [-0.3, -0.25) is 0 Å². The van der Waals surface area contributed by atoms with Crippen LogP contribution in [-0.4, -0.2) is 17.0 Å². The molecular weight excluding hydrogens is 273 g/mol. The summed E-state index contributed by atoms with van der Waals surface area (Å²) < 4.78 is 13.5. The fourth-order valence-corrected chi connectivity index (χ4v) is 3.07. The molecule has 2 heterocycles. The Morgan fingerprint density at radius 1 is 1.15 bits per heavy atom. The van der Waals surface area contributed by atoms with E-state index in [1.807, 2.05) is 20.9 Å². The fraction of sp³-hybridized carbons (Fsp3) is 0.200. The molecule has 0 aliphatic rings. The van der Waals surface area contributed by atoms with E-state index in [0.717, 1.165) is 27.2 Å². The summed E-state index contributed by atoms with van der Waals surface area (Å²) in [6.07, 6.45) is 0. The van der Waals surface area contributed by atoms with E-state index in [1.165, 1.54) is 17.0 Å². The van der Waals surface area contributed by atoms with E-state index in [2.05, 4.69) is 21.4 Å². The van der Waals surface area contributed by atoms with Gasteiger partial charge in [0.1, 0.15) is 16.5 Å². The molecule has 0 fully saturated rings. The predicted octanol–water partition coefficient (Wildman–Crippen LogP) is 4.16. The second kappa shape index (κ2) is 4.83. The van der Waals surface area contributed by atoms with Gasteiger partial charge in [0.15, 0.2) is 5.82 Å². The molecule has 0 aliphatic heterocycles. The van der Waals surface area contributed by atoms with Gasteiger partial charge in [-0.25, -0.2) is 14.4 Å². The third-order valence-corrected chi connectivity index (χ3v) is 4.14. The van der Waals surface area contributed by atoms with Gasteiger partial charge < -0.3 is 5.32 Å². The van der Waals surface area contributed by atoms with Crippen molar-refractivity contribution in [3.8, 4) is 11.4 Å². The topological polar surface area (TPSA) is 37.8 Å². The number of fused-ring (bicyclic) bond motifs is 1. The zero-order chi connectivity index (χ0) is 14.3. The zero-order valence-electron chi connectivity index (χ0n) is 11.5. The van der Waals surface area contributed by atoms with Crippen molar-refractivity contribution >= 4 is 27.4 Å². The van der Waals surface area contributed by atoms with Crippen LogP contribution in [-0.2, 0) is 0 Å². The molecule has 0 bridgehead atoms. The van der Waals surface area contributed by atoms with Crippen LogP contribution in [0.5, 0.6) is 0 Å². The highest BCUT2D eigenvalue weighted by molar-refractivity contribution is 7.18. The molecule has 0 atom stereocenters. The molecule has 3 nitrogen and oxygen atoms in total. The Labute approximate surface area is 120 Å². The van der Waals surface area contributed by atoms with E-state index in [-0.39, 0.29) is 5.82 Å². The number of rotatable bonds is 2. The Morgan fingerprint density at radius 3 is 2.70 bits per heavy atom. The Bertz CT molecular complexity index is 795. The van der Waals surface area contributed by atoms with Crippen LogP contribution >= 0.6 is 11.3 Å². The first-order valence-corrected chi connectivity index (χ1v) is 7.12. The summed E-state index contributed by atoms with van der Waals surface area (Å²) in [6, 6.07) is 6.74. The molecule has 0 spiro atoms. The van der Waals surface area contributed by atoms with E-state index < -0.39 is 0 Å². The Morgan fingerprint density at radius 2 is 1.95 bits per heavy atom. The van der Waals surface area contributed by atoms with E-state index >= 15 is 0 Å². The van der Waals surface area contributed by atoms with Crippen LogP contribution in [0.1, 0.15) is 10.4 Å². The standard InChI is InChI=1S/C15H14FN3S/c1-8-4-5-10(16)7-11(8)14-18-13(17-3)12-6-9(2)20-15(12)19-14/h4-7H,1-3H3,(H,17,18,19). The van der Waals surface area contributed by atoms with E-state index in [9.17, 15) is 4.39 Å². The van der Waals surface area contributed by atoms with Crippen LogP contribution in [0, 0.1) is 19.7 Å². The molecule has 0 unspecified atom stereocenters. The van der Waals surface area contributed by atoms with Crippen LogP contribution < -0.4 is 5.32 Å². The molecule has 0 saturated carbocycles. The maximum absolute atomic E-state index is 13.5. The van der Waals surface area contributed by atoms with Gasteiger partial charge in [0, 0.05) is 17.5 Å². The van der Waals surface area contributed by atoms with Gasteiger partial charge in [-0.1, -0.05) is 6.07 Å². The summed E-state index contributed by atoms with van der Waals surface area (Å²) in [5.74, 6) is 1.06. The lowest BCUT2D eigenvalue weighted by Crippen LogP contribution is -1.98. The maximum atomic E-state index is 13.5. The number of aromatic nitrogens is 2. The van der Waals surface area contributed by atoms with Crippen LogP contribution in [0.25, 0.3) is 21.6 Å². The Balaban J connectivity index is 2.28. The van der Waals surface area contributed by atoms with Gasteiger partial charge in [-0.2, -0.15) is 0 Å².